The number of nitrogens with zero attached hydrogens (tertiary/aromatic N) is 3. The zero-order chi connectivity index (χ0) is 16.5. The molecule has 1 saturated carbocycles. The van der Waals surface area contributed by atoms with Gasteiger partial charge >= 0.3 is 0 Å². The molecule has 1 aromatic heterocycles. The van der Waals surface area contributed by atoms with Gasteiger partial charge in [0.25, 0.3) is 0 Å². The fourth-order valence-corrected chi connectivity index (χ4v) is 3.66. The summed E-state index contributed by atoms with van der Waals surface area (Å²) in [5.41, 5.74) is 0.991. The van der Waals surface area contributed by atoms with E-state index in [2.05, 4.69) is 16.5 Å². The van der Waals surface area contributed by atoms with Gasteiger partial charge in [0.05, 0.1) is 12.2 Å². The van der Waals surface area contributed by atoms with Gasteiger partial charge in [0.2, 0.25) is 11.8 Å². The van der Waals surface area contributed by atoms with Crippen molar-refractivity contribution in [2.75, 3.05) is 18.4 Å². The van der Waals surface area contributed by atoms with Crippen molar-refractivity contribution in [2.24, 2.45) is 5.92 Å². The minimum atomic E-state index is 0.109. The van der Waals surface area contributed by atoms with Gasteiger partial charge in [-0.25, -0.2) is 4.68 Å². The summed E-state index contributed by atoms with van der Waals surface area (Å²) in [4.78, 5) is 26.4. The highest BCUT2D eigenvalue weighted by Crippen LogP contribution is 2.31. The van der Waals surface area contributed by atoms with Crippen molar-refractivity contribution in [2.45, 2.75) is 51.0 Å². The Hall–Kier alpha value is -2.11. The van der Waals surface area contributed by atoms with E-state index in [0.29, 0.717) is 0 Å². The van der Waals surface area contributed by atoms with Gasteiger partial charge in [0.1, 0.15) is 5.82 Å². The molecule has 0 radical (unpaired) electrons. The summed E-state index contributed by atoms with van der Waals surface area (Å²) in [5.74, 6) is 1.30. The van der Waals surface area contributed by atoms with Crippen LogP contribution in [0.25, 0.3) is 0 Å². The summed E-state index contributed by atoms with van der Waals surface area (Å²) in [6, 6.07) is 2.11. The van der Waals surface area contributed by atoms with Crippen LogP contribution in [0, 0.1) is 5.92 Å². The number of hydrogen-bond donors (Lipinski definition) is 1. The normalized spacial score (nSPS) is 21.7. The van der Waals surface area contributed by atoms with E-state index in [1.54, 1.807) is 6.20 Å². The molecule has 0 atom stereocenters. The fraction of sp³-hybridized carbons (Fsp3) is 0.611. The van der Waals surface area contributed by atoms with Crippen molar-refractivity contribution in [1.82, 2.24) is 14.7 Å². The summed E-state index contributed by atoms with van der Waals surface area (Å²) in [5, 5.41) is 7.41. The smallest absolute Gasteiger partial charge is 0.249 e. The Kier molecular flexibility index (Phi) is 4.12. The third-order valence-corrected chi connectivity index (χ3v) is 5.28. The molecule has 6 nitrogen and oxygen atoms in total. The summed E-state index contributed by atoms with van der Waals surface area (Å²) in [7, 11) is 0. The number of carbonyl (C=O) groups is 2. The molecular weight excluding hydrogens is 304 g/mol. The monoisotopic (exact) mass is 328 g/mol. The number of amides is 2. The predicted molar refractivity (Wildman–Crippen MR) is 90.4 cm³/mol. The van der Waals surface area contributed by atoms with Crippen molar-refractivity contribution in [3.8, 4) is 0 Å². The first-order valence-electron chi connectivity index (χ1n) is 9.05. The van der Waals surface area contributed by atoms with Gasteiger partial charge < -0.3 is 10.2 Å². The molecule has 3 aliphatic rings. The summed E-state index contributed by atoms with van der Waals surface area (Å²) >= 11 is 0. The molecule has 2 amide bonds. The quantitative estimate of drug-likeness (QED) is 0.923. The van der Waals surface area contributed by atoms with Crippen molar-refractivity contribution in [1.29, 1.82) is 0 Å². The molecule has 24 heavy (non-hydrogen) atoms. The number of nitrogens with one attached hydrogen (secondary N) is 1. The molecule has 4 rings (SSSR count). The molecule has 1 aliphatic heterocycles. The minimum Gasteiger partial charge on any atom is -0.339 e. The summed E-state index contributed by atoms with van der Waals surface area (Å²) in [6.45, 7) is 1.52. The predicted octanol–water partition coefficient (Wildman–Crippen LogP) is 2.51. The molecule has 6 heteroatoms. The van der Waals surface area contributed by atoms with E-state index in [1.165, 1.54) is 0 Å². The van der Waals surface area contributed by atoms with Crippen molar-refractivity contribution in [3.63, 3.8) is 0 Å². The second kappa shape index (κ2) is 6.42. The zero-order valence-electron chi connectivity index (χ0n) is 13.9. The fourth-order valence-electron chi connectivity index (χ4n) is 3.66. The summed E-state index contributed by atoms with van der Waals surface area (Å²) in [6.07, 6.45) is 10.7. The molecule has 0 spiro atoms. The number of rotatable bonds is 4. The van der Waals surface area contributed by atoms with Crippen molar-refractivity contribution >= 4 is 17.6 Å². The van der Waals surface area contributed by atoms with Crippen LogP contribution in [0.2, 0.25) is 0 Å². The molecule has 1 N–H and O–H groups in total. The number of anilines is 1. The van der Waals surface area contributed by atoms with Crippen LogP contribution in [0.5, 0.6) is 0 Å². The number of carbonyl (C=O) groups excluding carboxylic acids is 2. The van der Waals surface area contributed by atoms with Gasteiger partial charge in [-0.15, -0.1) is 0 Å². The minimum absolute atomic E-state index is 0.109. The lowest BCUT2D eigenvalue weighted by molar-refractivity contribution is -0.128. The molecule has 0 aromatic carbocycles. The number of likely N-dealkylation sites (tertiary alicyclic amines) is 1. The Labute approximate surface area is 141 Å². The maximum Gasteiger partial charge on any atom is 0.249 e. The standard InChI is InChI=1S/C18H24N4O2/c23-17(13-5-6-13)20-16-7-10-19-22(16)15-8-11-21(12-9-15)18(24)14-3-1-2-4-14/h3,7,10,13,15H,1-2,4-6,8-9,11-12H2,(H,20,23). The van der Waals surface area contributed by atoms with Crippen molar-refractivity contribution < 1.29 is 9.59 Å². The van der Waals surface area contributed by atoms with Crippen LogP contribution < -0.4 is 5.32 Å². The molecule has 2 heterocycles. The second-order valence-electron chi connectivity index (χ2n) is 7.07. The van der Waals surface area contributed by atoms with Crippen LogP contribution in [0.3, 0.4) is 0 Å². The molecule has 1 saturated heterocycles. The van der Waals surface area contributed by atoms with Crippen LogP contribution in [-0.2, 0) is 9.59 Å². The van der Waals surface area contributed by atoms with E-state index in [0.717, 1.165) is 69.4 Å². The van der Waals surface area contributed by atoms with Crippen LogP contribution >= 0.6 is 0 Å². The molecule has 0 unspecified atom stereocenters. The largest absolute Gasteiger partial charge is 0.339 e. The van der Waals surface area contributed by atoms with Gasteiger partial charge in [-0.2, -0.15) is 5.10 Å². The molecule has 1 aromatic rings. The first-order valence-corrected chi connectivity index (χ1v) is 9.05. The highest BCUT2D eigenvalue weighted by Gasteiger charge is 2.31. The SMILES string of the molecule is O=C(Nc1ccnn1C1CCN(C(=O)C2=CCCC2)CC1)C1CC1. The van der Waals surface area contributed by atoms with Crippen LogP contribution in [-0.4, -0.2) is 39.6 Å². The number of piperidine rings is 1. The van der Waals surface area contributed by atoms with Crippen LogP contribution in [0.15, 0.2) is 23.9 Å². The Balaban J connectivity index is 1.36. The van der Waals surface area contributed by atoms with Gasteiger partial charge in [-0.05, 0) is 44.9 Å². The Morgan fingerprint density at radius 2 is 1.96 bits per heavy atom. The van der Waals surface area contributed by atoms with E-state index in [-0.39, 0.29) is 23.8 Å². The second-order valence-corrected chi connectivity index (χ2v) is 7.07. The molecular formula is C18H24N4O2. The van der Waals surface area contributed by atoms with Crippen LogP contribution in [0.1, 0.15) is 51.0 Å². The first kappa shape index (κ1) is 15.4. The van der Waals surface area contributed by atoms with Crippen molar-refractivity contribution in [3.05, 3.63) is 23.9 Å². The average molecular weight is 328 g/mol. The first-order chi connectivity index (χ1) is 11.7. The maximum atomic E-state index is 12.5. The topological polar surface area (TPSA) is 67.2 Å². The maximum absolute atomic E-state index is 12.5. The third-order valence-electron chi connectivity index (χ3n) is 5.28. The average Bonchev–Trinajstić information content (AvgIpc) is 3.13. The van der Waals surface area contributed by atoms with E-state index in [4.69, 9.17) is 0 Å². The van der Waals surface area contributed by atoms with Gasteiger partial charge in [0, 0.05) is 30.6 Å². The molecule has 0 bridgehead atoms. The van der Waals surface area contributed by atoms with Gasteiger partial charge in [-0.1, -0.05) is 6.08 Å². The number of aromatic nitrogens is 2. The van der Waals surface area contributed by atoms with E-state index in [1.807, 2.05) is 15.6 Å². The van der Waals surface area contributed by atoms with E-state index in [9.17, 15) is 9.59 Å². The molecule has 2 aliphatic carbocycles. The van der Waals surface area contributed by atoms with E-state index < -0.39 is 0 Å². The Morgan fingerprint density at radius 3 is 2.62 bits per heavy atom. The number of allylic oxidation sites excluding steroid dienone is 1. The highest BCUT2D eigenvalue weighted by molar-refractivity contribution is 5.94. The molecule has 128 valence electrons. The Bertz CT molecular complexity index is 666. The Morgan fingerprint density at radius 1 is 1.17 bits per heavy atom. The van der Waals surface area contributed by atoms with Gasteiger partial charge in [-0.3, -0.25) is 9.59 Å². The summed E-state index contributed by atoms with van der Waals surface area (Å²) < 4.78 is 1.93. The molecule has 2 fully saturated rings. The zero-order valence-corrected chi connectivity index (χ0v) is 13.9. The number of hydrogen-bond acceptors (Lipinski definition) is 3. The lowest BCUT2D eigenvalue weighted by atomic mass is 10.0. The van der Waals surface area contributed by atoms with E-state index >= 15 is 0 Å². The lowest BCUT2D eigenvalue weighted by Crippen LogP contribution is -2.40. The lowest BCUT2D eigenvalue weighted by Gasteiger charge is -2.33. The highest BCUT2D eigenvalue weighted by atomic mass is 16.2. The van der Waals surface area contributed by atoms with Crippen LogP contribution in [0.4, 0.5) is 5.82 Å². The van der Waals surface area contributed by atoms with Gasteiger partial charge in [0.15, 0.2) is 0 Å². The third kappa shape index (κ3) is 3.09.